The Morgan fingerprint density at radius 1 is 1.19 bits per heavy atom. The van der Waals surface area contributed by atoms with Crippen LogP contribution in [0.3, 0.4) is 0 Å². The molecule has 170 valence electrons. The molecule has 0 saturated heterocycles. The van der Waals surface area contributed by atoms with Crippen LogP contribution in [0.1, 0.15) is 19.5 Å². The fourth-order valence-electron chi connectivity index (χ4n) is 2.88. The van der Waals surface area contributed by atoms with Gasteiger partial charge in [-0.1, -0.05) is 25.4 Å². The lowest BCUT2D eigenvalue weighted by Gasteiger charge is -2.21. The number of nitrogens with one attached hydrogen (secondary N) is 1. The quantitative estimate of drug-likeness (QED) is 0.493. The summed E-state index contributed by atoms with van der Waals surface area (Å²) >= 11 is 5.89. The first-order valence-electron chi connectivity index (χ1n) is 9.61. The number of fused-ring (bicyclic) bond motifs is 1. The molecule has 0 aliphatic rings. The van der Waals surface area contributed by atoms with E-state index in [9.17, 15) is 18.0 Å². The van der Waals surface area contributed by atoms with E-state index in [0.29, 0.717) is 16.4 Å². The van der Waals surface area contributed by atoms with E-state index in [4.69, 9.17) is 21.1 Å². The summed E-state index contributed by atoms with van der Waals surface area (Å²) < 4.78 is 39.4. The predicted octanol–water partition coefficient (Wildman–Crippen LogP) is 2.40. The molecular weight excluding hydrogens is 458 g/mol. The molecule has 1 N–H and O–H groups in total. The molecule has 2 heterocycles. The third-order valence-corrected chi connectivity index (χ3v) is 6.29. The monoisotopic (exact) mass is 479 g/mol. The van der Waals surface area contributed by atoms with Crippen LogP contribution in [0.2, 0.25) is 5.02 Å². The summed E-state index contributed by atoms with van der Waals surface area (Å²) in [5.41, 5.74) is 0.184. The molecule has 0 amide bonds. The molecule has 0 saturated carbocycles. The predicted molar refractivity (Wildman–Crippen MR) is 118 cm³/mol. The van der Waals surface area contributed by atoms with E-state index in [-0.39, 0.29) is 22.8 Å². The van der Waals surface area contributed by atoms with Crippen LogP contribution in [0.15, 0.2) is 58.4 Å². The van der Waals surface area contributed by atoms with Gasteiger partial charge in [-0.25, -0.2) is 13.4 Å². The molecule has 0 fully saturated rings. The van der Waals surface area contributed by atoms with Gasteiger partial charge >= 0.3 is 5.97 Å². The Bertz CT molecular complexity index is 1290. The van der Waals surface area contributed by atoms with Crippen LogP contribution in [0.5, 0.6) is 5.75 Å². The normalized spacial score (nSPS) is 12.7. The molecule has 2 aromatic heterocycles. The lowest BCUT2D eigenvalue weighted by molar-refractivity contribution is -0.148. The van der Waals surface area contributed by atoms with E-state index in [1.54, 1.807) is 26.0 Å². The Morgan fingerprint density at radius 3 is 2.50 bits per heavy atom. The number of hydrogen-bond acceptors (Lipinski definition) is 7. The van der Waals surface area contributed by atoms with Gasteiger partial charge in [-0.2, -0.15) is 4.72 Å². The van der Waals surface area contributed by atoms with Crippen LogP contribution in [0.4, 0.5) is 0 Å². The number of pyridine rings is 1. The minimum atomic E-state index is -3.98. The number of sulfonamides is 1. The molecule has 0 radical (unpaired) electrons. The molecular formula is C21H22ClN3O6S. The summed E-state index contributed by atoms with van der Waals surface area (Å²) in [5.74, 6) is -0.673. The largest absolute Gasteiger partial charge is 0.497 e. The minimum Gasteiger partial charge on any atom is -0.497 e. The topological polar surface area (TPSA) is 116 Å². The summed E-state index contributed by atoms with van der Waals surface area (Å²) in [7, 11) is -2.51. The van der Waals surface area contributed by atoms with Gasteiger partial charge in [-0.05, 0) is 42.3 Å². The number of hydrogen-bond donors (Lipinski definition) is 1. The van der Waals surface area contributed by atoms with Crippen molar-refractivity contribution in [3.8, 4) is 5.75 Å². The number of nitrogens with zero attached hydrogens (tertiary/aromatic N) is 2. The Morgan fingerprint density at radius 2 is 1.88 bits per heavy atom. The molecule has 3 aromatic rings. The second-order valence-electron chi connectivity index (χ2n) is 7.29. The SMILES string of the molecule is COc1ccc(S(=O)(=O)N[C@H](C(=O)OCc2cc(=O)n3cc(Cl)ccc3n2)C(C)C)cc1. The van der Waals surface area contributed by atoms with Crippen LogP contribution in [-0.4, -0.2) is 36.9 Å². The molecule has 0 unspecified atom stereocenters. The van der Waals surface area contributed by atoms with Gasteiger partial charge in [0.1, 0.15) is 24.0 Å². The molecule has 0 bridgehead atoms. The van der Waals surface area contributed by atoms with Gasteiger partial charge < -0.3 is 9.47 Å². The number of halogens is 1. The number of ether oxygens (including phenoxy) is 2. The van der Waals surface area contributed by atoms with Gasteiger partial charge in [-0.3, -0.25) is 14.0 Å². The molecule has 1 atom stereocenters. The van der Waals surface area contributed by atoms with Gasteiger partial charge in [-0.15, -0.1) is 0 Å². The van der Waals surface area contributed by atoms with Crippen molar-refractivity contribution in [3.63, 3.8) is 0 Å². The minimum absolute atomic E-state index is 0.0142. The fraction of sp³-hybridized carbons (Fsp3) is 0.286. The Balaban J connectivity index is 1.74. The van der Waals surface area contributed by atoms with E-state index in [1.807, 2.05) is 0 Å². The average Bonchev–Trinajstić information content (AvgIpc) is 2.76. The molecule has 0 aliphatic carbocycles. The van der Waals surface area contributed by atoms with Crippen molar-refractivity contribution in [2.75, 3.05) is 7.11 Å². The highest BCUT2D eigenvalue weighted by Gasteiger charge is 2.30. The number of aromatic nitrogens is 2. The van der Waals surface area contributed by atoms with E-state index in [1.165, 1.54) is 48.0 Å². The van der Waals surface area contributed by atoms with Crippen molar-refractivity contribution in [1.82, 2.24) is 14.1 Å². The summed E-state index contributed by atoms with van der Waals surface area (Å²) in [6.45, 7) is 3.08. The first-order chi connectivity index (χ1) is 15.1. The Hall–Kier alpha value is -2.95. The van der Waals surface area contributed by atoms with E-state index < -0.39 is 28.0 Å². The van der Waals surface area contributed by atoms with Crippen LogP contribution < -0.4 is 15.0 Å². The van der Waals surface area contributed by atoms with Crippen LogP contribution >= 0.6 is 11.6 Å². The number of carbonyl (C=O) groups excluding carboxylic acids is 1. The maximum atomic E-state index is 12.7. The third-order valence-electron chi connectivity index (χ3n) is 4.61. The van der Waals surface area contributed by atoms with Crippen molar-refractivity contribution in [2.24, 2.45) is 5.92 Å². The van der Waals surface area contributed by atoms with Crippen LogP contribution in [0, 0.1) is 5.92 Å². The van der Waals surface area contributed by atoms with Gasteiger partial charge in [0.25, 0.3) is 5.56 Å². The van der Waals surface area contributed by atoms with Crippen LogP contribution in [-0.2, 0) is 26.2 Å². The molecule has 0 aliphatic heterocycles. The fourth-order valence-corrected chi connectivity index (χ4v) is 4.38. The van der Waals surface area contributed by atoms with Crippen molar-refractivity contribution in [3.05, 3.63) is 69.7 Å². The highest BCUT2D eigenvalue weighted by Crippen LogP contribution is 2.17. The van der Waals surface area contributed by atoms with Gasteiger partial charge in [0.05, 0.1) is 22.7 Å². The van der Waals surface area contributed by atoms with Crippen molar-refractivity contribution < 1.29 is 22.7 Å². The summed E-state index contributed by atoms with van der Waals surface area (Å²) in [5, 5.41) is 0.379. The van der Waals surface area contributed by atoms with E-state index in [2.05, 4.69) is 9.71 Å². The van der Waals surface area contributed by atoms with Crippen molar-refractivity contribution in [1.29, 1.82) is 0 Å². The Kier molecular flexibility index (Phi) is 7.17. The molecule has 9 nitrogen and oxygen atoms in total. The third kappa shape index (κ3) is 5.45. The zero-order chi connectivity index (χ0) is 23.5. The molecule has 11 heteroatoms. The van der Waals surface area contributed by atoms with Crippen molar-refractivity contribution >= 4 is 33.2 Å². The summed E-state index contributed by atoms with van der Waals surface area (Å²) in [6.07, 6.45) is 1.44. The summed E-state index contributed by atoms with van der Waals surface area (Å²) in [4.78, 5) is 29.2. The standard InChI is InChI=1S/C21H22ClN3O6S/c1-13(2)20(24-32(28,29)17-7-5-16(30-3)6-8-17)21(27)31-12-15-10-19(26)25-11-14(22)4-9-18(25)23-15/h4-11,13,20,24H,12H2,1-3H3/t20-/m0/s1. The zero-order valence-corrected chi connectivity index (χ0v) is 19.2. The number of rotatable bonds is 8. The van der Waals surface area contributed by atoms with Crippen LogP contribution in [0.25, 0.3) is 5.65 Å². The molecule has 1 aromatic carbocycles. The number of benzene rings is 1. The Labute approximate surface area is 190 Å². The maximum absolute atomic E-state index is 12.7. The van der Waals surface area contributed by atoms with E-state index >= 15 is 0 Å². The molecule has 0 spiro atoms. The molecule has 32 heavy (non-hydrogen) atoms. The lowest BCUT2D eigenvalue weighted by atomic mass is 10.1. The zero-order valence-electron chi connectivity index (χ0n) is 17.6. The lowest BCUT2D eigenvalue weighted by Crippen LogP contribution is -2.45. The van der Waals surface area contributed by atoms with Gasteiger partial charge in [0.15, 0.2) is 0 Å². The molecule has 3 rings (SSSR count). The van der Waals surface area contributed by atoms with E-state index in [0.717, 1.165) is 0 Å². The number of methoxy groups -OCH3 is 1. The number of esters is 1. The summed E-state index contributed by atoms with van der Waals surface area (Å²) in [6, 6.07) is 9.01. The van der Waals surface area contributed by atoms with Gasteiger partial charge in [0.2, 0.25) is 10.0 Å². The first-order valence-corrected chi connectivity index (χ1v) is 11.5. The second-order valence-corrected chi connectivity index (χ2v) is 9.44. The van der Waals surface area contributed by atoms with Gasteiger partial charge in [0, 0.05) is 12.3 Å². The highest BCUT2D eigenvalue weighted by molar-refractivity contribution is 7.89. The highest BCUT2D eigenvalue weighted by atomic mass is 35.5. The first kappa shape index (κ1) is 23.7. The average molecular weight is 480 g/mol. The second kappa shape index (κ2) is 9.68. The maximum Gasteiger partial charge on any atom is 0.324 e. The van der Waals surface area contributed by atoms with Crippen molar-refractivity contribution in [2.45, 2.75) is 31.4 Å². The number of carbonyl (C=O) groups is 1. The smallest absolute Gasteiger partial charge is 0.324 e.